The van der Waals surface area contributed by atoms with Gasteiger partial charge in [0, 0.05) is 0 Å². The van der Waals surface area contributed by atoms with Gasteiger partial charge >= 0.3 is 0 Å². The number of methoxy groups -OCH3 is 2. The molecule has 1 rings (SSSR count). The van der Waals surface area contributed by atoms with Crippen molar-refractivity contribution in [3.05, 3.63) is 41.5 Å². The van der Waals surface area contributed by atoms with Crippen LogP contribution in [0.5, 0.6) is 11.5 Å². The Balaban J connectivity index is 3.41. The zero-order chi connectivity index (χ0) is 14.4. The quantitative estimate of drug-likeness (QED) is 0.573. The molecule has 0 N–H and O–H groups in total. The number of benzene rings is 1. The summed E-state index contributed by atoms with van der Waals surface area (Å²) in [5.41, 5.74) is 3.07. The maximum atomic E-state index is 5.76. The molecule has 3 heteroatoms. The Bertz CT molecular complexity index is 483. The molecule has 0 radical (unpaired) electrons. The van der Waals surface area contributed by atoms with Crippen LogP contribution < -0.4 is 9.47 Å². The van der Waals surface area contributed by atoms with Crippen molar-refractivity contribution in [1.82, 2.24) is 0 Å². The minimum absolute atomic E-state index is 0.458. The summed E-state index contributed by atoms with van der Waals surface area (Å²) in [4.78, 5) is 0. The first-order chi connectivity index (χ1) is 9.04. The van der Waals surface area contributed by atoms with Crippen molar-refractivity contribution < 1.29 is 14.2 Å². The van der Waals surface area contributed by atoms with E-state index in [1.165, 1.54) is 0 Å². The van der Waals surface area contributed by atoms with Gasteiger partial charge in [-0.3, -0.25) is 0 Å². The fourth-order valence-electron chi connectivity index (χ4n) is 1.90. The van der Waals surface area contributed by atoms with Gasteiger partial charge in [0.05, 0.1) is 19.8 Å². The first-order valence-electron chi connectivity index (χ1n) is 6.19. The molecule has 0 atom stereocenters. The van der Waals surface area contributed by atoms with Gasteiger partial charge in [0.2, 0.25) is 0 Å². The first-order valence-corrected chi connectivity index (χ1v) is 6.19. The van der Waals surface area contributed by atoms with E-state index in [1.807, 2.05) is 32.9 Å². The van der Waals surface area contributed by atoms with Gasteiger partial charge in [-0.1, -0.05) is 12.7 Å². The van der Waals surface area contributed by atoms with Gasteiger partial charge in [-0.15, -0.1) is 0 Å². The van der Waals surface area contributed by atoms with E-state index in [9.17, 15) is 0 Å². The minimum atomic E-state index is 0.458. The molecule has 0 aliphatic carbocycles. The van der Waals surface area contributed by atoms with Crippen LogP contribution in [0, 0.1) is 6.92 Å². The lowest BCUT2D eigenvalue weighted by Crippen LogP contribution is -2.01. The third-order valence-electron chi connectivity index (χ3n) is 2.67. The molecule has 19 heavy (non-hydrogen) atoms. The monoisotopic (exact) mass is 262 g/mol. The van der Waals surface area contributed by atoms with Crippen molar-refractivity contribution in [1.29, 1.82) is 0 Å². The summed E-state index contributed by atoms with van der Waals surface area (Å²) in [6.07, 6.45) is 1.72. The van der Waals surface area contributed by atoms with Gasteiger partial charge in [-0.05, 0) is 44.0 Å². The summed E-state index contributed by atoms with van der Waals surface area (Å²) < 4.78 is 16.6. The van der Waals surface area contributed by atoms with Gasteiger partial charge < -0.3 is 14.2 Å². The highest BCUT2D eigenvalue weighted by atomic mass is 16.5. The summed E-state index contributed by atoms with van der Waals surface area (Å²) in [5, 5.41) is 0. The highest BCUT2D eigenvalue weighted by Crippen LogP contribution is 2.38. The standard InChI is InChI=1S/C16H22O3/c1-7-8-19-15(11(2)3)13-9-12(4)10-14(17-5)16(13)18-6/h7,9-10H,1,8H2,2-6H3. The molecule has 0 saturated carbocycles. The van der Waals surface area contributed by atoms with Crippen LogP contribution in [0.15, 0.2) is 30.4 Å². The van der Waals surface area contributed by atoms with E-state index in [4.69, 9.17) is 14.2 Å². The Morgan fingerprint density at radius 2 is 1.89 bits per heavy atom. The molecule has 0 saturated heterocycles. The zero-order valence-corrected chi connectivity index (χ0v) is 12.4. The Morgan fingerprint density at radius 3 is 2.37 bits per heavy atom. The number of allylic oxidation sites excluding steroid dienone is 1. The van der Waals surface area contributed by atoms with Crippen LogP contribution in [0.25, 0.3) is 5.76 Å². The fourth-order valence-corrected chi connectivity index (χ4v) is 1.90. The van der Waals surface area contributed by atoms with Crippen LogP contribution in [-0.4, -0.2) is 20.8 Å². The second-order valence-corrected chi connectivity index (χ2v) is 4.48. The molecule has 3 nitrogen and oxygen atoms in total. The maximum Gasteiger partial charge on any atom is 0.171 e. The average molecular weight is 262 g/mol. The Hall–Kier alpha value is -1.90. The summed E-state index contributed by atoms with van der Waals surface area (Å²) in [6, 6.07) is 3.98. The third kappa shape index (κ3) is 3.53. The molecule has 0 aromatic heterocycles. The van der Waals surface area contributed by atoms with Crippen LogP contribution in [0.3, 0.4) is 0 Å². The predicted molar refractivity (Wildman–Crippen MR) is 78.7 cm³/mol. The van der Waals surface area contributed by atoms with Crippen LogP contribution in [-0.2, 0) is 4.74 Å². The molecule has 104 valence electrons. The van der Waals surface area contributed by atoms with Gasteiger partial charge in [-0.25, -0.2) is 0 Å². The van der Waals surface area contributed by atoms with Crippen molar-refractivity contribution in [3.63, 3.8) is 0 Å². The molecule has 0 heterocycles. The van der Waals surface area contributed by atoms with Crippen molar-refractivity contribution in [2.45, 2.75) is 20.8 Å². The van der Waals surface area contributed by atoms with E-state index in [0.717, 1.165) is 22.5 Å². The van der Waals surface area contributed by atoms with Gasteiger partial charge in [-0.2, -0.15) is 0 Å². The van der Waals surface area contributed by atoms with E-state index in [-0.39, 0.29) is 0 Å². The number of ether oxygens (including phenoxy) is 3. The summed E-state index contributed by atoms with van der Waals surface area (Å²) in [7, 11) is 3.26. The van der Waals surface area contributed by atoms with Gasteiger partial charge in [0.25, 0.3) is 0 Å². The zero-order valence-electron chi connectivity index (χ0n) is 12.4. The van der Waals surface area contributed by atoms with E-state index in [0.29, 0.717) is 18.1 Å². The van der Waals surface area contributed by atoms with Crippen molar-refractivity contribution in [2.24, 2.45) is 0 Å². The second-order valence-electron chi connectivity index (χ2n) is 4.48. The van der Waals surface area contributed by atoms with Crippen molar-refractivity contribution >= 4 is 5.76 Å². The van der Waals surface area contributed by atoms with E-state index in [1.54, 1.807) is 20.3 Å². The summed E-state index contributed by atoms with van der Waals surface area (Å²) in [5.74, 6) is 2.20. The molecule has 0 aliphatic heterocycles. The number of hydrogen-bond acceptors (Lipinski definition) is 3. The molecule has 0 spiro atoms. The summed E-state index contributed by atoms with van der Waals surface area (Å²) in [6.45, 7) is 10.2. The smallest absolute Gasteiger partial charge is 0.171 e. The normalized spacial score (nSPS) is 9.74. The minimum Gasteiger partial charge on any atom is -0.493 e. The van der Waals surface area contributed by atoms with E-state index in [2.05, 4.69) is 6.58 Å². The van der Waals surface area contributed by atoms with E-state index >= 15 is 0 Å². The highest BCUT2D eigenvalue weighted by Gasteiger charge is 2.16. The maximum absolute atomic E-state index is 5.76. The van der Waals surface area contributed by atoms with Gasteiger partial charge in [0.1, 0.15) is 12.4 Å². The molecular weight excluding hydrogens is 240 g/mol. The Kier molecular flexibility index (Phi) is 5.49. The molecule has 0 amide bonds. The third-order valence-corrected chi connectivity index (χ3v) is 2.67. The molecule has 0 aliphatic rings. The van der Waals surface area contributed by atoms with Gasteiger partial charge in [0.15, 0.2) is 11.5 Å². The Morgan fingerprint density at radius 1 is 1.21 bits per heavy atom. The van der Waals surface area contributed by atoms with Crippen molar-refractivity contribution in [2.75, 3.05) is 20.8 Å². The molecular formula is C16H22O3. The average Bonchev–Trinajstić information content (AvgIpc) is 2.38. The second kappa shape index (κ2) is 6.88. The SMILES string of the molecule is C=CCOC(=C(C)C)c1cc(C)cc(OC)c1OC. The van der Waals surface area contributed by atoms with Crippen LogP contribution in [0.4, 0.5) is 0 Å². The molecule has 0 unspecified atom stereocenters. The fraction of sp³-hybridized carbons (Fsp3) is 0.375. The Labute approximate surface area is 115 Å². The topological polar surface area (TPSA) is 27.7 Å². The summed E-state index contributed by atoms with van der Waals surface area (Å²) >= 11 is 0. The highest BCUT2D eigenvalue weighted by molar-refractivity contribution is 5.71. The first kappa shape index (κ1) is 15.2. The number of rotatable bonds is 6. The predicted octanol–water partition coefficient (Wildman–Crippen LogP) is 3.97. The molecule has 1 aromatic carbocycles. The lowest BCUT2D eigenvalue weighted by atomic mass is 10.0. The largest absolute Gasteiger partial charge is 0.493 e. The van der Waals surface area contributed by atoms with Crippen LogP contribution in [0.1, 0.15) is 25.0 Å². The number of hydrogen-bond donors (Lipinski definition) is 0. The van der Waals surface area contributed by atoms with Crippen molar-refractivity contribution in [3.8, 4) is 11.5 Å². The van der Waals surface area contributed by atoms with Crippen LogP contribution >= 0.6 is 0 Å². The molecule has 1 aromatic rings. The number of aryl methyl sites for hydroxylation is 1. The van der Waals surface area contributed by atoms with Crippen LogP contribution in [0.2, 0.25) is 0 Å². The lowest BCUT2D eigenvalue weighted by Gasteiger charge is -2.17. The van der Waals surface area contributed by atoms with E-state index < -0.39 is 0 Å². The molecule has 0 fully saturated rings. The lowest BCUT2D eigenvalue weighted by molar-refractivity contribution is 0.310. The molecule has 0 bridgehead atoms.